The van der Waals surface area contributed by atoms with Gasteiger partial charge in [-0.25, -0.2) is 4.79 Å². The molecule has 0 unspecified atom stereocenters. The van der Waals surface area contributed by atoms with Crippen LogP contribution in [0.25, 0.3) is 0 Å². The first-order chi connectivity index (χ1) is 9.85. The lowest BCUT2D eigenvalue weighted by Crippen LogP contribution is -2.13. The molecule has 1 aromatic carbocycles. The maximum atomic E-state index is 11.6. The molecule has 1 amide bonds. The van der Waals surface area contributed by atoms with Crippen LogP contribution in [-0.2, 0) is 9.59 Å². The van der Waals surface area contributed by atoms with Gasteiger partial charge < -0.3 is 20.3 Å². The van der Waals surface area contributed by atoms with E-state index >= 15 is 0 Å². The van der Waals surface area contributed by atoms with Crippen molar-refractivity contribution in [2.24, 2.45) is 0 Å². The van der Waals surface area contributed by atoms with Gasteiger partial charge in [0.15, 0.2) is 0 Å². The summed E-state index contributed by atoms with van der Waals surface area (Å²) in [5.41, 5.74) is 0.0882. The number of carboxylic acids is 2. The fraction of sp³-hybridized carbons (Fsp3) is 0.308. The van der Waals surface area contributed by atoms with Crippen LogP contribution in [0.15, 0.2) is 12.1 Å². The van der Waals surface area contributed by atoms with Crippen molar-refractivity contribution < 1.29 is 29.3 Å². The number of nitrogens with one attached hydrogen (secondary N) is 1. The Kier molecular flexibility index (Phi) is 5.98. The van der Waals surface area contributed by atoms with Crippen molar-refractivity contribution >= 4 is 35.1 Å². The number of carbonyl (C=O) groups excluding carboxylic acids is 1. The van der Waals surface area contributed by atoms with Crippen LogP contribution >= 0.6 is 11.6 Å². The minimum atomic E-state index is -1.20. The van der Waals surface area contributed by atoms with Gasteiger partial charge in [-0.3, -0.25) is 9.59 Å². The molecule has 0 aliphatic carbocycles. The molecule has 0 heterocycles. The lowest BCUT2D eigenvalue weighted by Gasteiger charge is -2.11. The summed E-state index contributed by atoms with van der Waals surface area (Å²) in [4.78, 5) is 33.0. The van der Waals surface area contributed by atoms with Crippen molar-refractivity contribution in [2.45, 2.75) is 19.3 Å². The zero-order valence-electron chi connectivity index (χ0n) is 11.2. The third-order valence-corrected chi connectivity index (χ3v) is 2.90. The summed E-state index contributed by atoms with van der Waals surface area (Å²) in [5.74, 6) is -2.53. The van der Waals surface area contributed by atoms with Crippen LogP contribution in [0.5, 0.6) is 5.75 Å². The molecule has 7 nitrogen and oxygen atoms in total. The smallest absolute Gasteiger partial charge is 0.339 e. The molecular formula is C13H14ClNO6. The Hall–Kier alpha value is -2.28. The van der Waals surface area contributed by atoms with Gasteiger partial charge in [0, 0.05) is 18.9 Å². The molecule has 0 saturated carbocycles. The highest BCUT2D eigenvalue weighted by atomic mass is 35.5. The van der Waals surface area contributed by atoms with E-state index in [9.17, 15) is 14.4 Å². The molecule has 8 heteroatoms. The molecule has 0 aliphatic rings. The molecule has 0 aromatic heterocycles. The van der Waals surface area contributed by atoms with E-state index in [4.69, 9.17) is 26.6 Å². The Morgan fingerprint density at radius 1 is 1.24 bits per heavy atom. The molecule has 0 aliphatic heterocycles. The number of aliphatic carboxylic acids is 1. The Bertz CT molecular complexity index is 572. The number of hydrogen-bond donors (Lipinski definition) is 3. The van der Waals surface area contributed by atoms with Gasteiger partial charge in [0.1, 0.15) is 11.3 Å². The predicted octanol–water partition coefficient (Wildman–Crippen LogP) is 2.24. The van der Waals surface area contributed by atoms with E-state index in [1.165, 1.54) is 19.2 Å². The topological polar surface area (TPSA) is 113 Å². The standard InChI is InChI=1S/C13H14ClNO6/c1-21-10-6-9(8(14)5-7(10)13(19)20)15-11(16)3-2-4-12(17)18/h5-6H,2-4H2,1H3,(H,15,16)(H,17,18)(H,19,20). The fourth-order valence-electron chi connectivity index (χ4n) is 1.60. The molecule has 21 heavy (non-hydrogen) atoms. The van der Waals surface area contributed by atoms with E-state index in [2.05, 4.69) is 5.32 Å². The van der Waals surface area contributed by atoms with Crippen LogP contribution in [0, 0.1) is 0 Å². The second-order valence-corrected chi connectivity index (χ2v) is 4.54. The molecule has 0 fully saturated rings. The Morgan fingerprint density at radius 2 is 1.90 bits per heavy atom. The highest BCUT2D eigenvalue weighted by Gasteiger charge is 2.16. The second-order valence-electron chi connectivity index (χ2n) is 4.13. The number of carboxylic acid groups (broad SMARTS) is 2. The second kappa shape index (κ2) is 7.49. The molecule has 0 spiro atoms. The Balaban J connectivity index is 2.81. The van der Waals surface area contributed by atoms with Gasteiger partial charge in [0.05, 0.1) is 17.8 Å². The van der Waals surface area contributed by atoms with Gasteiger partial charge in [-0.2, -0.15) is 0 Å². The molecule has 0 atom stereocenters. The first-order valence-corrected chi connectivity index (χ1v) is 6.35. The molecule has 0 radical (unpaired) electrons. The molecule has 3 N–H and O–H groups in total. The van der Waals surface area contributed by atoms with Crippen molar-refractivity contribution in [1.82, 2.24) is 0 Å². The zero-order chi connectivity index (χ0) is 16.0. The van der Waals surface area contributed by atoms with Gasteiger partial charge in [-0.05, 0) is 12.5 Å². The average Bonchev–Trinajstić information content (AvgIpc) is 2.39. The molecule has 114 valence electrons. The number of ether oxygens (including phenoxy) is 1. The molecule has 1 aromatic rings. The number of hydrogen-bond acceptors (Lipinski definition) is 4. The minimum absolute atomic E-state index is 0.0195. The van der Waals surface area contributed by atoms with Gasteiger partial charge in [0.2, 0.25) is 5.91 Å². The third-order valence-electron chi connectivity index (χ3n) is 2.59. The minimum Gasteiger partial charge on any atom is -0.496 e. The highest BCUT2D eigenvalue weighted by molar-refractivity contribution is 6.34. The van der Waals surface area contributed by atoms with Crippen LogP contribution in [-0.4, -0.2) is 35.2 Å². The number of aromatic carboxylic acids is 1. The first kappa shape index (κ1) is 16.8. The van der Waals surface area contributed by atoms with Crippen molar-refractivity contribution in [1.29, 1.82) is 0 Å². The number of amides is 1. The number of benzene rings is 1. The van der Waals surface area contributed by atoms with Crippen molar-refractivity contribution in [3.8, 4) is 5.75 Å². The SMILES string of the molecule is COc1cc(NC(=O)CCCC(=O)O)c(Cl)cc1C(=O)O. The average molecular weight is 316 g/mol. The van der Waals surface area contributed by atoms with E-state index in [-0.39, 0.29) is 41.3 Å². The van der Waals surface area contributed by atoms with Crippen molar-refractivity contribution in [3.05, 3.63) is 22.7 Å². The largest absolute Gasteiger partial charge is 0.496 e. The summed E-state index contributed by atoms with van der Waals surface area (Å²) in [7, 11) is 1.30. The zero-order valence-corrected chi connectivity index (χ0v) is 11.9. The summed E-state index contributed by atoms with van der Waals surface area (Å²) in [6.07, 6.45) is 0.108. The lowest BCUT2D eigenvalue weighted by atomic mass is 10.1. The third kappa shape index (κ3) is 4.96. The van der Waals surface area contributed by atoms with Crippen LogP contribution in [0.3, 0.4) is 0 Å². The summed E-state index contributed by atoms with van der Waals surface area (Å²) in [6, 6.07) is 2.48. The van der Waals surface area contributed by atoms with Gasteiger partial charge in [0.25, 0.3) is 0 Å². The first-order valence-electron chi connectivity index (χ1n) is 5.97. The maximum absolute atomic E-state index is 11.6. The Morgan fingerprint density at radius 3 is 2.43 bits per heavy atom. The lowest BCUT2D eigenvalue weighted by molar-refractivity contribution is -0.137. The quantitative estimate of drug-likeness (QED) is 0.711. The summed E-state index contributed by atoms with van der Waals surface area (Å²) >= 11 is 5.90. The van der Waals surface area contributed by atoms with Crippen LogP contribution in [0.4, 0.5) is 5.69 Å². The van der Waals surface area contributed by atoms with Crippen LogP contribution in [0.2, 0.25) is 5.02 Å². The monoisotopic (exact) mass is 315 g/mol. The van der Waals surface area contributed by atoms with E-state index in [1.54, 1.807) is 0 Å². The van der Waals surface area contributed by atoms with E-state index in [0.717, 1.165) is 0 Å². The maximum Gasteiger partial charge on any atom is 0.339 e. The Labute approximate surface area is 125 Å². The summed E-state index contributed by atoms with van der Waals surface area (Å²) in [5, 5.41) is 20.0. The summed E-state index contributed by atoms with van der Waals surface area (Å²) in [6.45, 7) is 0. The van der Waals surface area contributed by atoms with Gasteiger partial charge in [-0.1, -0.05) is 11.6 Å². The van der Waals surface area contributed by atoms with Crippen LogP contribution < -0.4 is 10.1 Å². The summed E-state index contributed by atoms with van der Waals surface area (Å²) < 4.78 is 4.93. The number of halogens is 1. The number of carbonyl (C=O) groups is 3. The molecular weight excluding hydrogens is 302 g/mol. The number of methoxy groups -OCH3 is 1. The molecule has 1 rings (SSSR count). The van der Waals surface area contributed by atoms with Crippen molar-refractivity contribution in [2.75, 3.05) is 12.4 Å². The molecule has 0 bridgehead atoms. The van der Waals surface area contributed by atoms with Gasteiger partial charge in [-0.15, -0.1) is 0 Å². The van der Waals surface area contributed by atoms with E-state index in [1.807, 2.05) is 0 Å². The van der Waals surface area contributed by atoms with Crippen LogP contribution in [0.1, 0.15) is 29.6 Å². The number of anilines is 1. The van der Waals surface area contributed by atoms with Gasteiger partial charge >= 0.3 is 11.9 Å². The molecule has 0 saturated heterocycles. The normalized spacial score (nSPS) is 10.0. The fourth-order valence-corrected chi connectivity index (χ4v) is 1.81. The number of rotatable bonds is 7. The van der Waals surface area contributed by atoms with E-state index < -0.39 is 17.8 Å². The van der Waals surface area contributed by atoms with E-state index in [0.29, 0.717) is 0 Å². The predicted molar refractivity (Wildman–Crippen MR) is 75.1 cm³/mol. The van der Waals surface area contributed by atoms with Crippen molar-refractivity contribution in [3.63, 3.8) is 0 Å². The highest BCUT2D eigenvalue weighted by Crippen LogP contribution is 2.31.